The first-order valence-electron chi connectivity index (χ1n) is 6.55. The monoisotopic (exact) mass is 283 g/mol. The van der Waals surface area contributed by atoms with Crippen molar-refractivity contribution in [2.75, 3.05) is 0 Å². The second kappa shape index (κ2) is 6.93. The number of rotatable bonds is 6. The molecular weight excluding hydrogens is 262 g/mol. The molecule has 1 rings (SSSR count). The number of carbonyl (C=O) groups excluding carboxylic acids is 1. The Morgan fingerprint density at radius 1 is 1.40 bits per heavy atom. The van der Waals surface area contributed by atoms with Crippen LogP contribution in [0.5, 0.6) is 0 Å². The van der Waals surface area contributed by atoms with E-state index in [4.69, 9.17) is 9.63 Å². The second-order valence-corrected chi connectivity index (χ2v) is 4.83. The van der Waals surface area contributed by atoms with Crippen LogP contribution in [0, 0.1) is 19.8 Å². The molecule has 7 heteroatoms. The summed E-state index contributed by atoms with van der Waals surface area (Å²) in [5.41, 5.74) is 1.51. The van der Waals surface area contributed by atoms with Crippen molar-refractivity contribution in [3.8, 4) is 0 Å². The second-order valence-electron chi connectivity index (χ2n) is 4.83. The fraction of sp³-hybridized carbons (Fsp3) is 0.615. The van der Waals surface area contributed by atoms with E-state index < -0.39 is 18.0 Å². The first-order valence-corrected chi connectivity index (χ1v) is 6.55. The summed E-state index contributed by atoms with van der Waals surface area (Å²) in [7, 11) is 0. The highest BCUT2D eigenvalue weighted by Gasteiger charge is 2.25. The smallest absolute Gasteiger partial charge is 0.326 e. The Morgan fingerprint density at radius 3 is 2.50 bits per heavy atom. The highest BCUT2D eigenvalue weighted by molar-refractivity contribution is 5.82. The number of amides is 2. The van der Waals surface area contributed by atoms with E-state index in [0.29, 0.717) is 17.9 Å². The summed E-state index contributed by atoms with van der Waals surface area (Å²) < 4.78 is 4.99. The largest absolute Gasteiger partial charge is 0.480 e. The van der Waals surface area contributed by atoms with Crippen molar-refractivity contribution in [3.05, 3.63) is 17.0 Å². The molecule has 1 aromatic rings. The topological polar surface area (TPSA) is 104 Å². The summed E-state index contributed by atoms with van der Waals surface area (Å²) in [6, 6.07) is -1.41. The van der Waals surface area contributed by atoms with E-state index in [2.05, 4.69) is 15.8 Å². The number of aliphatic carboxylic acids is 1. The highest BCUT2D eigenvalue weighted by Crippen LogP contribution is 2.11. The number of hydrogen-bond acceptors (Lipinski definition) is 4. The molecule has 0 fully saturated rings. The van der Waals surface area contributed by atoms with Crippen molar-refractivity contribution in [2.24, 2.45) is 5.92 Å². The van der Waals surface area contributed by atoms with Gasteiger partial charge in [-0.05, 0) is 19.8 Å². The number of nitrogens with one attached hydrogen (secondary N) is 2. The SMILES string of the molecule is CC[C@H](C)[C@H](NC(=O)NCc1c(C)noc1C)C(=O)O. The van der Waals surface area contributed by atoms with Crippen molar-refractivity contribution in [2.45, 2.75) is 46.7 Å². The number of hydrogen-bond donors (Lipinski definition) is 3. The van der Waals surface area contributed by atoms with Gasteiger partial charge in [0, 0.05) is 12.1 Å². The van der Waals surface area contributed by atoms with Crippen molar-refractivity contribution < 1.29 is 19.2 Å². The number of carbonyl (C=O) groups is 2. The Kier molecular flexibility index (Phi) is 5.54. The average molecular weight is 283 g/mol. The van der Waals surface area contributed by atoms with Gasteiger partial charge in [0.15, 0.2) is 0 Å². The van der Waals surface area contributed by atoms with E-state index in [1.807, 2.05) is 6.92 Å². The number of aromatic nitrogens is 1. The quantitative estimate of drug-likeness (QED) is 0.735. The molecule has 112 valence electrons. The molecule has 0 aliphatic carbocycles. The van der Waals surface area contributed by atoms with Gasteiger partial charge in [-0.3, -0.25) is 0 Å². The lowest BCUT2D eigenvalue weighted by Gasteiger charge is -2.20. The normalized spacial score (nSPS) is 13.6. The molecule has 1 heterocycles. The molecule has 0 unspecified atom stereocenters. The molecule has 0 aliphatic heterocycles. The lowest BCUT2D eigenvalue weighted by molar-refractivity contribution is -0.140. The van der Waals surface area contributed by atoms with E-state index >= 15 is 0 Å². The zero-order valence-corrected chi connectivity index (χ0v) is 12.2. The Balaban J connectivity index is 2.57. The van der Waals surface area contributed by atoms with E-state index in [0.717, 1.165) is 5.56 Å². The average Bonchev–Trinajstić information content (AvgIpc) is 2.72. The third kappa shape index (κ3) is 3.97. The molecule has 2 amide bonds. The number of aryl methyl sites for hydroxylation is 2. The molecule has 20 heavy (non-hydrogen) atoms. The van der Waals surface area contributed by atoms with Crippen molar-refractivity contribution in [1.82, 2.24) is 15.8 Å². The van der Waals surface area contributed by atoms with Crippen LogP contribution < -0.4 is 10.6 Å². The minimum Gasteiger partial charge on any atom is -0.480 e. The molecule has 1 aromatic heterocycles. The van der Waals surface area contributed by atoms with E-state index in [9.17, 15) is 9.59 Å². The van der Waals surface area contributed by atoms with Crippen LogP contribution in [0.4, 0.5) is 4.79 Å². The molecular formula is C13H21N3O4. The maximum absolute atomic E-state index is 11.8. The van der Waals surface area contributed by atoms with Crippen LogP contribution in [0.15, 0.2) is 4.52 Å². The maximum atomic E-state index is 11.8. The predicted molar refractivity (Wildman–Crippen MR) is 72.2 cm³/mol. The lowest BCUT2D eigenvalue weighted by atomic mass is 9.99. The third-order valence-corrected chi connectivity index (χ3v) is 3.37. The third-order valence-electron chi connectivity index (χ3n) is 3.37. The summed E-state index contributed by atoms with van der Waals surface area (Å²) in [5, 5.41) is 18.0. The van der Waals surface area contributed by atoms with Gasteiger partial charge in [0.05, 0.1) is 5.69 Å². The highest BCUT2D eigenvalue weighted by atomic mass is 16.5. The van der Waals surface area contributed by atoms with Gasteiger partial charge >= 0.3 is 12.0 Å². The molecule has 3 N–H and O–H groups in total. The van der Waals surface area contributed by atoms with Crippen molar-refractivity contribution >= 4 is 12.0 Å². The summed E-state index contributed by atoms with van der Waals surface area (Å²) in [6.07, 6.45) is 0.668. The molecule has 2 atom stereocenters. The molecule has 0 saturated heterocycles. The number of urea groups is 1. The Labute approximate surface area is 117 Å². The number of carboxylic acids is 1. The fourth-order valence-electron chi connectivity index (χ4n) is 1.80. The Bertz CT molecular complexity index is 464. The van der Waals surface area contributed by atoms with Gasteiger partial charge in [-0.1, -0.05) is 25.4 Å². The van der Waals surface area contributed by atoms with Gasteiger partial charge in [-0.25, -0.2) is 9.59 Å². The molecule has 0 aliphatic rings. The number of carboxylic acid groups (broad SMARTS) is 1. The summed E-state index contributed by atoms with van der Waals surface area (Å²) >= 11 is 0. The van der Waals surface area contributed by atoms with Gasteiger partial charge in [-0.15, -0.1) is 0 Å². The summed E-state index contributed by atoms with van der Waals surface area (Å²) in [5.74, 6) is -0.538. The Hall–Kier alpha value is -2.05. The minimum absolute atomic E-state index is 0.141. The zero-order chi connectivity index (χ0) is 15.3. The van der Waals surface area contributed by atoms with E-state index in [-0.39, 0.29) is 12.5 Å². The fourth-order valence-corrected chi connectivity index (χ4v) is 1.80. The maximum Gasteiger partial charge on any atom is 0.326 e. The summed E-state index contributed by atoms with van der Waals surface area (Å²) in [6.45, 7) is 7.45. The molecule has 7 nitrogen and oxygen atoms in total. The van der Waals surface area contributed by atoms with Gasteiger partial charge in [-0.2, -0.15) is 0 Å². The molecule has 0 bridgehead atoms. The van der Waals surface area contributed by atoms with Crippen LogP contribution in [0.2, 0.25) is 0 Å². The van der Waals surface area contributed by atoms with Crippen LogP contribution in [-0.4, -0.2) is 28.3 Å². The van der Waals surface area contributed by atoms with Crippen LogP contribution in [0.3, 0.4) is 0 Å². The van der Waals surface area contributed by atoms with Crippen LogP contribution in [-0.2, 0) is 11.3 Å². The minimum atomic E-state index is -1.04. The van der Waals surface area contributed by atoms with Gasteiger partial charge in [0.1, 0.15) is 11.8 Å². The summed E-state index contributed by atoms with van der Waals surface area (Å²) in [4.78, 5) is 22.9. The van der Waals surface area contributed by atoms with Crippen molar-refractivity contribution in [3.63, 3.8) is 0 Å². The van der Waals surface area contributed by atoms with E-state index in [1.165, 1.54) is 0 Å². The zero-order valence-electron chi connectivity index (χ0n) is 12.2. The molecule has 0 saturated carbocycles. The molecule has 0 radical (unpaired) electrons. The van der Waals surface area contributed by atoms with Crippen LogP contribution in [0.1, 0.15) is 37.3 Å². The first-order chi connectivity index (χ1) is 9.36. The Morgan fingerprint density at radius 2 is 2.05 bits per heavy atom. The van der Waals surface area contributed by atoms with E-state index in [1.54, 1.807) is 20.8 Å². The number of nitrogens with zero attached hydrogens (tertiary/aromatic N) is 1. The van der Waals surface area contributed by atoms with Crippen LogP contribution in [0.25, 0.3) is 0 Å². The van der Waals surface area contributed by atoms with Gasteiger partial charge in [0.25, 0.3) is 0 Å². The predicted octanol–water partition coefficient (Wildman–Crippen LogP) is 1.59. The first kappa shape index (κ1) is 16.0. The molecule has 0 aromatic carbocycles. The van der Waals surface area contributed by atoms with Gasteiger partial charge in [0.2, 0.25) is 0 Å². The standard InChI is InChI=1S/C13H21N3O4/c1-5-7(2)11(12(17)18)15-13(19)14-6-10-8(3)16-20-9(10)4/h7,11H,5-6H2,1-4H3,(H,17,18)(H2,14,15,19)/t7-,11-/m0/s1. The van der Waals surface area contributed by atoms with Crippen molar-refractivity contribution in [1.29, 1.82) is 0 Å². The van der Waals surface area contributed by atoms with Crippen LogP contribution >= 0.6 is 0 Å². The van der Waals surface area contributed by atoms with Gasteiger partial charge < -0.3 is 20.3 Å². The molecule has 0 spiro atoms. The lowest BCUT2D eigenvalue weighted by Crippen LogP contribution is -2.48.